The molecule has 2 aromatic heterocycles. The second-order valence-electron chi connectivity index (χ2n) is 28.2. The van der Waals surface area contributed by atoms with Crippen molar-refractivity contribution >= 4 is 79.5 Å². The summed E-state index contributed by atoms with van der Waals surface area (Å²) in [6.45, 7) is 34.5. The normalized spacial score (nSPS) is 22.2. The molecule has 0 unspecified atom stereocenters. The molecule has 4 saturated heterocycles. The zero-order valence-corrected chi connectivity index (χ0v) is 57.2. The van der Waals surface area contributed by atoms with Gasteiger partial charge in [0.25, 0.3) is 0 Å². The van der Waals surface area contributed by atoms with Gasteiger partial charge in [-0.05, 0) is 198 Å². The van der Waals surface area contributed by atoms with Crippen LogP contribution in [0.25, 0.3) is 12.2 Å². The molecule has 4 fully saturated rings. The molecule has 0 bridgehead atoms. The Kier molecular flexibility index (Phi) is 20.2. The van der Waals surface area contributed by atoms with Crippen LogP contribution in [0.5, 0.6) is 0 Å². The van der Waals surface area contributed by atoms with Crippen LogP contribution in [0.2, 0.25) is 0 Å². The van der Waals surface area contributed by atoms with E-state index < -0.39 is 30.0 Å². The average molecular weight is 1190 g/mol. The molecule has 4 aliphatic rings. The molecule has 82 heavy (non-hydrogen) atoms. The third-order valence-electron chi connectivity index (χ3n) is 14.9. The standard InChI is InChI=1S/C56H88N16O6S2.2Na/c1-49(2)25-37(26-50(3,4)69-49)59-45-63-43(64-46(67-45)60-38-27-51(5,6)70-52(7,8)28-38)57-35-21-19-33(41(23-35)79(73,74)75)17-18-34-20-22-36(24-42(34)80(76,77)78)58-44-65-47(61-39-29-53(9,10)71-54(11,12)30-39)68-48(66-44)62-40-31-55(13,14)72-56(15,16)32-40;;/h17-24,37-40,69-72H,25-32H2,1-16H3,(H,73,74,75)(H,76,77,78)(H3,57,59,60,63,64,67)(H3,58,61,62,65,66,68);;/q;2*+1/p-2/b18-17+;;. The minimum absolute atomic E-state index is 0. The third-order valence-corrected chi connectivity index (χ3v) is 16.7. The molecule has 2 aromatic carbocycles. The number of anilines is 8. The number of aromatic nitrogens is 6. The SMILES string of the molecule is CC1(C)CC(Nc2nc(Nc3ccc(/C=C/c4ccc(Nc5nc(NC6CC(C)(C)NC(C)(C)C6)nc(NC6CC(C)(C)NC(C)(C)C6)n5)cc4S(=O)(=O)[O-])c(S(=O)(=O)[O-])c3)nc(NC3CC(C)(C)NC(C)(C)C3)n2)CC(C)(C)N1.[Na+].[Na+]. The second-order valence-corrected chi connectivity index (χ2v) is 30.9. The molecule has 26 heteroatoms. The molecule has 0 amide bonds. The predicted molar refractivity (Wildman–Crippen MR) is 316 cm³/mol. The first-order chi connectivity index (χ1) is 36.5. The van der Waals surface area contributed by atoms with Gasteiger partial charge in [-0.3, -0.25) is 0 Å². The minimum Gasteiger partial charge on any atom is -0.744 e. The van der Waals surface area contributed by atoms with Crippen LogP contribution in [-0.4, -0.2) is 124 Å². The molecule has 4 aromatic rings. The van der Waals surface area contributed by atoms with Crippen molar-refractivity contribution in [3.8, 4) is 0 Å². The van der Waals surface area contributed by atoms with E-state index in [4.69, 9.17) is 29.9 Å². The van der Waals surface area contributed by atoms with Gasteiger partial charge in [0.2, 0.25) is 35.7 Å². The van der Waals surface area contributed by atoms with E-state index in [2.05, 4.69) is 164 Å². The van der Waals surface area contributed by atoms with Crippen LogP contribution in [0.1, 0.15) is 173 Å². The summed E-state index contributed by atoms with van der Waals surface area (Å²) >= 11 is 0. The number of piperidine rings is 4. The number of nitrogens with one attached hydrogen (secondary N) is 10. The van der Waals surface area contributed by atoms with E-state index in [1.54, 1.807) is 12.1 Å². The summed E-state index contributed by atoms with van der Waals surface area (Å²) in [5.74, 6) is 1.46. The zero-order chi connectivity index (χ0) is 58.9. The number of hydrogen-bond acceptors (Lipinski definition) is 22. The molecular weight excluding hydrogens is 1100 g/mol. The monoisotopic (exact) mass is 1190 g/mol. The molecular formula is C56H86N16Na2O6S2. The van der Waals surface area contributed by atoms with Crippen LogP contribution >= 0.6 is 0 Å². The largest absolute Gasteiger partial charge is 1.00 e. The summed E-state index contributed by atoms with van der Waals surface area (Å²) in [6, 6.07) is 8.26. The van der Waals surface area contributed by atoms with Crippen LogP contribution in [0.4, 0.5) is 47.1 Å². The van der Waals surface area contributed by atoms with Gasteiger partial charge in [-0.25, -0.2) is 16.8 Å². The minimum atomic E-state index is -5.14. The first kappa shape index (κ1) is 67.8. The van der Waals surface area contributed by atoms with Crippen molar-refractivity contribution in [2.24, 2.45) is 0 Å². The fraction of sp³-hybridized carbons (Fsp3) is 0.643. The van der Waals surface area contributed by atoms with E-state index >= 15 is 0 Å². The van der Waals surface area contributed by atoms with Crippen LogP contribution < -0.4 is 112 Å². The molecule has 22 nitrogen and oxygen atoms in total. The maximum absolute atomic E-state index is 13.0. The third kappa shape index (κ3) is 19.1. The molecule has 8 rings (SSSR count). The summed E-state index contributed by atoms with van der Waals surface area (Å²) in [4.78, 5) is 27.3. The van der Waals surface area contributed by atoms with Gasteiger partial charge in [0.1, 0.15) is 20.2 Å². The van der Waals surface area contributed by atoms with E-state index in [0.717, 1.165) is 51.4 Å². The molecule has 10 N–H and O–H groups in total. The van der Waals surface area contributed by atoms with Gasteiger partial charge < -0.3 is 62.3 Å². The summed E-state index contributed by atoms with van der Waals surface area (Å²) < 4.78 is 77.9. The summed E-state index contributed by atoms with van der Waals surface area (Å²) in [5.41, 5.74) is -1.10. The fourth-order valence-electron chi connectivity index (χ4n) is 13.9. The van der Waals surface area contributed by atoms with Crippen molar-refractivity contribution in [2.75, 3.05) is 31.9 Å². The van der Waals surface area contributed by atoms with Crippen LogP contribution in [0.3, 0.4) is 0 Å². The Morgan fingerprint density at radius 1 is 0.390 bits per heavy atom. The smallest absolute Gasteiger partial charge is 0.744 e. The summed E-state index contributed by atoms with van der Waals surface area (Å²) in [7, 11) is -10.3. The molecule has 0 aliphatic carbocycles. The van der Waals surface area contributed by atoms with Crippen LogP contribution in [0.15, 0.2) is 46.2 Å². The fourth-order valence-corrected chi connectivity index (χ4v) is 15.3. The molecule has 6 heterocycles. The van der Waals surface area contributed by atoms with Gasteiger partial charge in [0.15, 0.2) is 0 Å². The molecule has 440 valence electrons. The van der Waals surface area contributed by atoms with Crippen molar-refractivity contribution in [1.29, 1.82) is 0 Å². The van der Waals surface area contributed by atoms with E-state index in [1.165, 1.54) is 36.4 Å². The number of rotatable bonds is 16. The predicted octanol–water partition coefficient (Wildman–Crippen LogP) is 2.41. The Hall–Kier alpha value is -3.34. The summed E-state index contributed by atoms with van der Waals surface area (Å²) in [6.07, 6.45) is 8.87. The second kappa shape index (κ2) is 24.4. The Bertz CT molecular complexity index is 2840. The van der Waals surface area contributed by atoms with E-state index in [1.807, 2.05) is 0 Å². The molecule has 0 spiro atoms. The van der Waals surface area contributed by atoms with E-state index in [0.29, 0.717) is 23.8 Å². The molecule has 4 aliphatic heterocycles. The van der Waals surface area contributed by atoms with Crippen molar-refractivity contribution in [3.63, 3.8) is 0 Å². The molecule has 0 radical (unpaired) electrons. The maximum atomic E-state index is 13.0. The number of benzene rings is 2. The number of hydrogen-bond donors (Lipinski definition) is 10. The van der Waals surface area contributed by atoms with Gasteiger partial charge >= 0.3 is 59.1 Å². The van der Waals surface area contributed by atoms with Crippen molar-refractivity contribution in [3.05, 3.63) is 47.5 Å². The Morgan fingerprint density at radius 2 is 0.598 bits per heavy atom. The molecule has 0 saturated carbocycles. The van der Waals surface area contributed by atoms with Gasteiger partial charge in [0.05, 0.1) is 9.79 Å². The Balaban J connectivity index is 0.00000541. The van der Waals surface area contributed by atoms with Gasteiger partial charge in [0, 0.05) is 79.9 Å². The van der Waals surface area contributed by atoms with Crippen molar-refractivity contribution in [1.82, 2.24) is 51.2 Å². The van der Waals surface area contributed by atoms with E-state index in [-0.39, 0.29) is 162 Å². The zero-order valence-electron chi connectivity index (χ0n) is 51.5. The van der Waals surface area contributed by atoms with Gasteiger partial charge in [-0.1, -0.05) is 24.3 Å². The van der Waals surface area contributed by atoms with Crippen LogP contribution in [-0.2, 0) is 20.2 Å². The van der Waals surface area contributed by atoms with Gasteiger partial charge in [-0.2, -0.15) is 29.9 Å². The topological polar surface area (TPSA) is 312 Å². The summed E-state index contributed by atoms with van der Waals surface area (Å²) in [5, 5.41) is 35.2. The van der Waals surface area contributed by atoms with Crippen molar-refractivity contribution in [2.45, 2.75) is 240 Å². The Morgan fingerprint density at radius 3 is 0.805 bits per heavy atom. The number of nitrogens with zero attached hydrogens (tertiary/aromatic N) is 6. The Labute approximate surface area is 531 Å². The molecule has 0 atom stereocenters. The maximum Gasteiger partial charge on any atom is 1.00 e. The first-order valence-corrected chi connectivity index (χ1v) is 30.5. The van der Waals surface area contributed by atoms with E-state index in [9.17, 15) is 25.9 Å². The average Bonchev–Trinajstić information content (AvgIpc) is 3.21. The quantitative estimate of drug-likeness (QED) is 0.0438. The first-order valence-electron chi connectivity index (χ1n) is 27.7. The van der Waals surface area contributed by atoms with Crippen molar-refractivity contribution < 1.29 is 85.1 Å². The van der Waals surface area contributed by atoms with Gasteiger partial charge in [-0.15, -0.1) is 0 Å². The van der Waals surface area contributed by atoms with Crippen LogP contribution in [0, 0.1) is 0 Å².